The summed E-state index contributed by atoms with van der Waals surface area (Å²) in [5.41, 5.74) is 0. The van der Waals surface area contributed by atoms with Crippen molar-refractivity contribution < 1.29 is 18.7 Å². The van der Waals surface area contributed by atoms with E-state index in [1.807, 2.05) is 0 Å². The van der Waals surface area contributed by atoms with E-state index < -0.39 is 17.9 Å². The molecular formula is C23H39NO4. The first kappa shape index (κ1) is 24.3. The maximum Gasteiger partial charge on any atom is 0.328 e. The molecule has 0 aliphatic rings. The van der Waals surface area contributed by atoms with Crippen LogP contribution in [0.5, 0.6) is 0 Å². The Balaban J connectivity index is 1.88. The van der Waals surface area contributed by atoms with Crippen molar-refractivity contribution in [2.45, 2.75) is 103 Å². The van der Waals surface area contributed by atoms with E-state index >= 15 is 0 Å². The molecular weight excluding hydrogens is 354 g/mol. The van der Waals surface area contributed by atoms with Crippen LogP contribution in [0.3, 0.4) is 0 Å². The minimum absolute atomic E-state index is 0.191. The average molecular weight is 394 g/mol. The molecule has 0 spiro atoms. The Hall–Kier alpha value is -1.78. The number of unbranched alkanes of at least 4 members (excludes halogenated alkanes) is 12. The van der Waals surface area contributed by atoms with Crippen LogP contribution >= 0.6 is 0 Å². The average Bonchev–Trinajstić information content (AvgIpc) is 3.23. The normalized spacial score (nSPS) is 11.9. The lowest BCUT2D eigenvalue weighted by atomic mass is 10.0. The summed E-state index contributed by atoms with van der Waals surface area (Å²) >= 11 is 0. The van der Waals surface area contributed by atoms with Gasteiger partial charge in [0.05, 0.1) is 12.9 Å². The number of carbonyl (C=O) groups excluding carboxylic acids is 2. The van der Waals surface area contributed by atoms with Gasteiger partial charge in [-0.1, -0.05) is 84.0 Å². The van der Waals surface area contributed by atoms with Crippen molar-refractivity contribution in [2.24, 2.45) is 0 Å². The van der Waals surface area contributed by atoms with Crippen molar-refractivity contribution in [3.05, 3.63) is 24.2 Å². The molecule has 0 radical (unpaired) electrons. The molecule has 1 aromatic heterocycles. The summed E-state index contributed by atoms with van der Waals surface area (Å²) in [5, 5.41) is 2.57. The summed E-state index contributed by atoms with van der Waals surface area (Å²) in [6.07, 6.45) is 18.1. The molecule has 5 heteroatoms. The lowest BCUT2D eigenvalue weighted by Gasteiger charge is -2.12. The zero-order chi connectivity index (χ0) is 20.5. The fourth-order valence-electron chi connectivity index (χ4n) is 3.15. The van der Waals surface area contributed by atoms with Crippen LogP contribution in [-0.4, -0.2) is 24.5 Å². The molecule has 0 aliphatic heterocycles. The van der Waals surface area contributed by atoms with Crippen LogP contribution in [0.4, 0.5) is 0 Å². The van der Waals surface area contributed by atoms with Gasteiger partial charge >= 0.3 is 5.97 Å². The molecule has 0 fully saturated rings. The van der Waals surface area contributed by atoms with E-state index in [1.54, 1.807) is 19.1 Å². The molecule has 1 rings (SSSR count). The molecule has 0 aromatic carbocycles. The SMILES string of the molecule is CCCCCCCCCCCCCCCOC(=O)C(C)NC(=O)c1ccco1. The first-order valence-corrected chi connectivity index (χ1v) is 11.2. The molecule has 0 bridgehead atoms. The monoisotopic (exact) mass is 393 g/mol. The zero-order valence-corrected chi connectivity index (χ0v) is 17.8. The van der Waals surface area contributed by atoms with E-state index in [2.05, 4.69) is 12.2 Å². The number of amides is 1. The summed E-state index contributed by atoms with van der Waals surface area (Å²) in [6, 6.07) is 2.51. The highest BCUT2D eigenvalue weighted by Gasteiger charge is 2.19. The molecule has 0 saturated carbocycles. The summed E-state index contributed by atoms with van der Waals surface area (Å²) in [5.74, 6) is -0.620. The van der Waals surface area contributed by atoms with Crippen molar-refractivity contribution in [2.75, 3.05) is 6.61 Å². The number of esters is 1. The third kappa shape index (κ3) is 11.8. The molecule has 1 unspecified atom stereocenters. The highest BCUT2D eigenvalue weighted by atomic mass is 16.5. The Morgan fingerprint density at radius 3 is 1.96 bits per heavy atom. The first-order valence-electron chi connectivity index (χ1n) is 11.2. The number of rotatable bonds is 17. The first-order chi connectivity index (χ1) is 13.6. The van der Waals surface area contributed by atoms with E-state index in [4.69, 9.17) is 9.15 Å². The van der Waals surface area contributed by atoms with Gasteiger partial charge in [-0.2, -0.15) is 0 Å². The van der Waals surface area contributed by atoms with Gasteiger partial charge in [0.1, 0.15) is 6.04 Å². The summed E-state index contributed by atoms with van der Waals surface area (Å²) in [7, 11) is 0. The third-order valence-corrected chi connectivity index (χ3v) is 4.94. The van der Waals surface area contributed by atoms with Crippen LogP contribution in [-0.2, 0) is 9.53 Å². The smallest absolute Gasteiger partial charge is 0.328 e. The van der Waals surface area contributed by atoms with Gasteiger partial charge in [-0.05, 0) is 25.5 Å². The van der Waals surface area contributed by atoms with Crippen LogP contribution in [0.2, 0.25) is 0 Å². The predicted molar refractivity (Wildman–Crippen MR) is 112 cm³/mol. The zero-order valence-electron chi connectivity index (χ0n) is 17.8. The number of carbonyl (C=O) groups is 2. The largest absolute Gasteiger partial charge is 0.464 e. The van der Waals surface area contributed by atoms with Gasteiger partial charge in [-0.3, -0.25) is 4.79 Å². The summed E-state index contributed by atoms with van der Waals surface area (Å²) < 4.78 is 10.2. The third-order valence-electron chi connectivity index (χ3n) is 4.94. The second kappa shape index (κ2) is 16.2. The topological polar surface area (TPSA) is 68.5 Å². The second-order valence-electron chi connectivity index (χ2n) is 7.58. The summed E-state index contributed by atoms with van der Waals surface area (Å²) in [6.45, 7) is 4.29. The van der Waals surface area contributed by atoms with Gasteiger partial charge in [-0.15, -0.1) is 0 Å². The summed E-state index contributed by atoms with van der Waals surface area (Å²) in [4.78, 5) is 23.7. The number of ether oxygens (including phenoxy) is 1. The van der Waals surface area contributed by atoms with Gasteiger partial charge in [-0.25, -0.2) is 4.79 Å². The Morgan fingerprint density at radius 2 is 1.46 bits per heavy atom. The molecule has 0 saturated heterocycles. The van der Waals surface area contributed by atoms with Crippen molar-refractivity contribution in [3.8, 4) is 0 Å². The Labute approximate surface area is 170 Å². The van der Waals surface area contributed by atoms with E-state index in [-0.39, 0.29) is 5.76 Å². The van der Waals surface area contributed by atoms with Crippen LogP contribution in [0, 0.1) is 0 Å². The van der Waals surface area contributed by atoms with E-state index in [9.17, 15) is 9.59 Å². The molecule has 160 valence electrons. The Bertz CT molecular complexity index is 513. The lowest BCUT2D eigenvalue weighted by Crippen LogP contribution is -2.39. The minimum Gasteiger partial charge on any atom is -0.464 e. The molecule has 5 nitrogen and oxygen atoms in total. The Kier molecular flexibility index (Phi) is 14.0. The van der Waals surface area contributed by atoms with Crippen LogP contribution < -0.4 is 5.32 Å². The Morgan fingerprint density at radius 1 is 0.929 bits per heavy atom. The predicted octanol–water partition coefficient (Wildman–Crippen LogP) is 6.03. The van der Waals surface area contributed by atoms with Crippen molar-refractivity contribution in [1.82, 2.24) is 5.32 Å². The van der Waals surface area contributed by atoms with E-state index in [0.29, 0.717) is 6.61 Å². The van der Waals surface area contributed by atoms with Gasteiger partial charge in [0, 0.05) is 0 Å². The molecule has 1 atom stereocenters. The highest BCUT2D eigenvalue weighted by Crippen LogP contribution is 2.12. The van der Waals surface area contributed by atoms with Crippen LogP contribution in [0.1, 0.15) is 108 Å². The van der Waals surface area contributed by atoms with Gasteiger partial charge < -0.3 is 14.5 Å². The number of furan rings is 1. The maximum absolute atomic E-state index is 11.9. The molecule has 28 heavy (non-hydrogen) atoms. The highest BCUT2D eigenvalue weighted by molar-refractivity contribution is 5.94. The molecule has 1 heterocycles. The van der Waals surface area contributed by atoms with Crippen molar-refractivity contribution in [3.63, 3.8) is 0 Å². The minimum atomic E-state index is -0.681. The van der Waals surface area contributed by atoms with Crippen molar-refractivity contribution >= 4 is 11.9 Å². The van der Waals surface area contributed by atoms with E-state index in [0.717, 1.165) is 12.8 Å². The van der Waals surface area contributed by atoms with Gasteiger partial charge in [0.25, 0.3) is 5.91 Å². The van der Waals surface area contributed by atoms with Gasteiger partial charge in [0.2, 0.25) is 0 Å². The van der Waals surface area contributed by atoms with Crippen molar-refractivity contribution in [1.29, 1.82) is 0 Å². The van der Waals surface area contributed by atoms with Crippen LogP contribution in [0.25, 0.3) is 0 Å². The number of hydrogen-bond donors (Lipinski definition) is 1. The second-order valence-corrected chi connectivity index (χ2v) is 7.58. The quantitative estimate of drug-likeness (QED) is 0.259. The number of nitrogens with one attached hydrogen (secondary N) is 1. The lowest BCUT2D eigenvalue weighted by molar-refractivity contribution is -0.145. The standard InChI is InChI=1S/C23H39NO4/c1-3-4-5-6-7-8-9-10-11-12-13-14-15-18-28-23(26)20(2)24-22(25)21-17-16-19-27-21/h16-17,19-20H,3-15,18H2,1-2H3,(H,24,25). The molecule has 1 N–H and O–H groups in total. The number of hydrogen-bond acceptors (Lipinski definition) is 4. The fourth-order valence-corrected chi connectivity index (χ4v) is 3.15. The fraction of sp³-hybridized carbons (Fsp3) is 0.739. The molecule has 1 amide bonds. The van der Waals surface area contributed by atoms with Crippen LogP contribution in [0.15, 0.2) is 22.8 Å². The maximum atomic E-state index is 11.9. The molecule has 0 aliphatic carbocycles. The molecule has 1 aromatic rings. The van der Waals surface area contributed by atoms with Gasteiger partial charge in [0.15, 0.2) is 5.76 Å². The van der Waals surface area contributed by atoms with E-state index in [1.165, 1.54) is 76.9 Å².